The highest BCUT2D eigenvalue weighted by Gasteiger charge is 2.32. The number of aryl methyl sites for hydroxylation is 1. The molecule has 5 rings (SSSR count). The minimum absolute atomic E-state index is 0.337. The van der Waals surface area contributed by atoms with E-state index in [0.717, 1.165) is 22.3 Å². The van der Waals surface area contributed by atoms with Gasteiger partial charge in [0.15, 0.2) is 6.10 Å². The zero-order valence-corrected chi connectivity index (χ0v) is 16.3. The van der Waals surface area contributed by atoms with Crippen molar-refractivity contribution in [3.05, 3.63) is 89.6 Å². The van der Waals surface area contributed by atoms with Crippen LogP contribution in [-0.4, -0.2) is 27.4 Å². The van der Waals surface area contributed by atoms with Gasteiger partial charge in [-0.15, -0.1) is 0 Å². The van der Waals surface area contributed by atoms with Gasteiger partial charge in [0, 0.05) is 18.2 Å². The number of imidazole rings is 1. The summed E-state index contributed by atoms with van der Waals surface area (Å²) in [6.45, 7) is 1.97. The van der Waals surface area contributed by atoms with E-state index in [1.54, 1.807) is 12.1 Å². The maximum Gasteiger partial charge on any atom is 0.339 e. The number of pyridine rings is 1. The molecule has 0 bridgehead atoms. The van der Waals surface area contributed by atoms with E-state index in [2.05, 4.69) is 5.32 Å². The number of hydrogen-bond donors (Lipinski definition) is 1. The van der Waals surface area contributed by atoms with Crippen LogP contribution in [0, 0.1) is 6.92 Å². The van der Waals surface area contributed by atoms with Crippen LogP contribution in [0.15, 0.2) is 72.9 Å². The van der Waals surface area contributed by atoms with Crippen LogP contribution >= 0.6 is 0 Å². The van der Waals surface area contributed by atoms with Gasteiger partial charge < -0.3 is 10.1 Å². The lowest BCUT2D eigenvalue weighted by Gasteiger charge is -2.23. The van der Waals surface area contributed by atoms with Gasteiger partial charge in [-0.3, -0.25) is 9.20 Å². The van der Waals surface area contributed by atoms with Gasteiger partial charge in [-0.05, 0) is 30.2 Å². The van der Waals surface area contributed by atoms with Gasteiger partial charge in [-0.25, -0.2) is 9.78 Å². The number of benzene rings is 2. The minimum atomic E-state index is -0.897. The van der Waals surface area contributed by atoms with E-state index in [1.807, 2.05) is 72.1 Å². The molecule has 1 aliphatic heterocycles. The first-order valence-corrected chi connectivity index (χ1v) is 9.74. The van der Waals surface area contributed by atoms with Gasteiger partial charge in [0.2, 0.25) is 0 Å². The van der Waals surface area contributed by atoms with Gasteiger partial charge in [0.1, 0.15) is 17.2 Å². The lowest BCUT2D eigenvalue weighted by Crippen LogP contribution is -2.38. The number of esters is 1. The van der Waals surface area contributed by atoms with E-state index in [1.165, 1.54) is 0 Å². The molecule has 1 amide bonds. The zero-order chi connectivity index (χ0) is 20.7. The van der Waals surface area contributed by atoms with Crippen molar-refractivity contribution in [2.24, 2.45) is 0 Å². The number of ether oxygens (including phenoxy) is 1. The topological polar surface area (TPSA) is 72.7 Å². The van der Waals surface area contributed by atoms with Crippen molar-refractivity contribution >= 4 is 23.3 Å². The lowest BCUT2D eigenvalue weighted by atomic mass is 9.98. The van der Waals surface area contributed by atoms with Gasteiger partial charge in [-0.1, -0.05) is 54.6 Å². The molecular weight excluding hydrogens is 378 g/mol. The molecule has 1 aliphatic rings. The number of anilines is 1. The van der Waals surface area contributed by atoms with Crippen molar-refractivity contribution in [2.75, 3.05) is 5.32 Å². The monoisotopic (exact) mass is 397 g/mol. The molecule has 0 aliphatic carbocycles. The van der Waals surface area contributed by atoms with Crippen molar-refractivity contribution in [2.45, 2.75) is 19.4 Å². The molecule has 0 radical (unpaired) electrons. The average molecular weight is 397 g/mol. The Bertz CT molecular complexity index is 1280. The quantitative estimate of drug-likeness (QED) is 0.530. The second-order valence-electron chi connectivity index (χ2n) is 7.30. The number of rotatable bonds is 3. The minimum Gasteiger partial charge on any atom is -0.448 e. The van der Waals surface area contributed by atoms with Crippen molar-refractivity contribution in [1.29, 1.82) is 0 Å². The van der Waals surface area contributed by atoms with Crippen LogP contribution in [0.1, 0.15) is 21.5 Å². The molecule has 3 heterocycles. The SMILES string of the molecule is Cc1cccn2c(NC(=O)[C@H]3Cc4ccccc4C(=O)O3)c(-c3ccccc3)nc12. The highest BCUT2D eigenvalue weighted by Crippen LogP contribution is 2.30. The number of nitrogens with zero attached hydrogens (tertiary/aromatic N) is 2. The number of hydrogen-bond acceptors (Lipinski definition) is 4. The molecule has 2 aromatic heterocycles. The molecule has 6 nitrogen and oxygen atoms in total. The summed E-state index contributed by atoms with van der Waals surface area (Å²) in [5.41, 5.74) is 4.64. The summed E-state index contributed by atoms with van der Waals surface area (Å²) in [4.78, 5) is 30.2. The summed E-state index contributed by atoms with van der Waals surface area (Å²) in [5.74, 6) is -0.299. The van der Waals surface area contributed by atoms with E-state index in [9.17, 15) is 9.59 Å². The van der Waals surface area contributed by atoms with Gasteiger partial charge in [-0.2, -0.15) is 0 Å². The van der Waals surface area contributed by atoms with E-state index in [0.29, 0.717) is 23.5 Å². The standard InChI is InChI=1S/C24H19N3O3/c1-15-8-7-13-27-21(15)25-20(16-9-3-2-4-10-16)22(27)26-23(28)19-14-17-11-5-6-12-18(17)24(29)30-19/h2-13,19H,14H2,1H3,(H,26,28)/t19-/m1/s1. The molecule has 2 aromatic carbocycles. The molecule has 4 aromatic rings. The van der Waals surface area contributed by atoms with Gasteiger partial charge in [0.05, 0.1) is 5.56 Å². The van der Waals surface area contributed by atoms with Crippen molar-refractivity contribution in [1.82, 2.24) is 9.38 Å². The summed E-state index contributed by atoms with van der Waals surface area (Å²) < 4.78 is 7.28. The van der Waals surface area contributed by atoms with E-state index in [4.69, 9.17) is 9.72 Å². The zero-order valence-electron chi connectivity index (χ0n) is 16.3. The van der Waals surface area contributed by atoms with Crippen LogP contribution in [0.25, 0.3) is 16.9 Å². The normalized spacial score (nSPS) is 15.5. The first-order chi connectivity index (χ1) is 14.6. The summed E-state index contributed by atoms with van der Waals surface area (Å²) >= 11 is 0. The second kappa shape index (κ2) is 7.15. The molecule has 0 spiro atoms. The van der Waals surface area contributed by atoms with Crippen molar-refractivity contribution < 1.29 is 14.3 Å². The molecule has 148 valence electrons. The summed E-state index contributed by atoms with van der Waals surface area (Å²) in [7, 11) is 0. The smallest absolute Gasteiger partial charge is 0.339 e. The Balaban J connectivity index is 1.53. The summed E-state index contributed by atoms with van der Waals surface area (Å²) in [5, 5.41) is 2.96. The van der Waals surface area contributed by atoms with Crippen LogP contribution in [0.3, 0.4) is 0 Å². The average Bonchev–Trinajstić information content (AvgIpc) is 3.14. The van der Waals surface area contributed by atoms with Crippen LogP contribution < -0.4 is 5.32 Å². The Kier molecular flexibility index (Phi) is 4.32. The van der Waals surface area contributed by atoms with E-state index in [-0.39, 0.29) is 5.91 Å². The Morgan fingerprint density at radius 1 is 1.07 bits per heavy atom. The number of fused-ring (bicyclic) bond motifs is 2. The predicted molar refractivity (Wildman–Crippen MR) is 113 cm³/mol. The van der Waals surface area contributed by atoms with E-state index < -0.39 is 12.1 Å². The number of carbonyl (C=O) groups is 2. The maximum absolute atomic E-state index is 13.1. The highest BCUT2D eigenvalue weighted by atomic mass is 16.5. The molecule has 0 saturated carbocycles. The molecule has 1 N–H and O–H groups in total. The molecule has 0 unspecified atom stereocenters. The Morgan fingerprint density at radius 3 is 2.67 bits per heavy atom. The Morgan fingerprint density at radius 2 is 1.83 bits per heavy atom. The van der Waals surface area contributed by atoms with E-state index >= 15 is 0 Å². The second-order valence-corrected chi connectivity index (χ2v) is 7.30. The number of nitrogens with one attached hydrogen (secondary N) is 1. The Hall–Kier alpha value is -3.93. The fourth-order valence-electron chi connectivity index (χ4n) is 3.80. The Labute approximate surface area is 173 Å². The maximum atomic E-state index is 13.1. The third-order valence-corrected chi connectivity index (χ3v) is 5.32. The fraction of sp³-hybridized carbons (Fsp3) is 0.125. The van der Waals surface area contributed by atoms with Gasteiger partial charge >= 0.3 is 5.97 Å². The summed E-state index contributed by atoms with van der Waals surface area (Å²) in [6.07, 6.45) is 1.30. The molecular formula is C24H19N3O3. The first-order valence-electron chi connectivity index (χ1n) is 9.74. The molecule has 0 saturated heterocycles. The molecule has 30 heavy (non-hydrogen) atoms. The number of carbonyl (C=O) groups excluding carboxylic acids is 2. The first kappa shape index (κ1) is 18.1. The number of aromatic nitrogens is 2. The third kappa shape index (κ3) is 3.03. The fourth-order valence-corrected chi connectivity index (χ4v) is 3.80. The molecule has 1 atom stereocenters. The summed E-state index contributed by atoms with van der Waals surface area (Å²) in [6, 6.07) is 20.8. The van der Waals surface area contributed by atoms with Gasteiger partial charge in [0.25, 0.3) is 5.91 Å². The lowest BCUT2D eigenvalue weighted by molar-refractivity contribution is -0.125. The highest BCUT2D eigenvalue weighted by molar-refractivity contribution is 6.01. The van der Waals surface area contributed by atoms with Crippen LogP contribution in [0.5, 0.6) is 0 Å². The van der Waals surface area contributed by atoms with Crippen LogP contribution in [-0.2, 0) is 16.0 Å². The molecule has 0 fully saturated rings. The third-order valence-electron chi connectivity index (χ3n) is 5.32. The number of amides is 1. The number of cyclic esters (lactones) is 1. The largest absolute Gasteiger partial charge is 0.448 e. The van der Waals surface area contributed by atoms with Crippen molar-refractivity contribution in [3.8, 4) is 11.3 Å². The van der Waals surface area contributed by atoms with Crippen LogP contribution in [0.4, 0.5) is 5.82 Å². The predicted octanol–water partition coefficient (Wildman–Crippen LogP) is 4.03. The molecule has 6 heteroatoms. The van der Waals surface area contributed by atoms with Crippen molar-refractivity contribution in [3.63, 3.8) is 0 Å². The van der Waals surface area contributed by atoms with Crippen LogP contribution in [0.2, 0.25) is 0 Å².